The van der Waals surface area contributed by atoms with E-state index in [-0.39, 0.29) is 5.92 Å². The van der Waals surface area contributed by atoms with E-state index < -0.39 is 0 Å². The maximum Gasteiger partial charge on any atom is 0.166 e. The lowest BCUT2D eigenvalue weighted by molar-refractivity contribution is 0.0898. The Labute approximate surface area is 95.6 Å². The van der Waals surface area contributed by atoms with Crippen molar-refractivity contribution in [1.29, 1.82) is 0 Å². The van der Waals surface area contributed by atoms with Gasteiger partial charge in [-0.25, -0.2) is 0 Å². The van der Waals surface area contributed by atoms with Crippen LogP contribution in [0.1, 0.15) is 47.5 Å². The minimum Gasteiger partial charge on any atom is -0.497 e. The summed E-state index contributed by atoms with van der Waals surface area (Å²) in [6.45, 7) is 0. The average Bonchev–Trinajstić information content (AvgIpc) is 2.64. The van der Waals surface area contributed by atoms with E-state index in [0.29, 0.717) is 11.7 Å². The van der Waals surface area contributed by atoms with E-state index in [0.717, 1.165) is 24.2 Å². The first-order valence-electron chi connectivity index (χ1n) is 6.03. The first-order valence-corrected chi connectivity index (χ1v) is 6.03. The molecule has 2 atom stereocenters. The second-order valence-electron chi connectivity index (χ2n) is 4.81. The number of ketones is 1. The molecule has 1 aromatic rings. The van der Waals surface area contributed by atoms with E-state index in [1.54, 1.807) is 7.11 Å². The lowest BCUT2D eigenvalue weighted by Crippen LogP contribution is -2.17. The molecule has 0 radical (unpaired) electrons. The van der Waals surface area contributed by atoms with Crippen molar-refractivity contribution >= 4 is 5.78 Å². The molecule has 1 fully saturated rings. The summed E-state index contributed by atoms with van der Waals surface area (Å²) in [7, 11) is 1.68. The predicted molar refractivity (Wildman–Crippen MR) is 62.0 cm³/mol. The van der Waals surface area contributed by atoms with E-state index in [1.165, 1.54) is 18.4 Å². The van der Waals surface area contributed by atoms with Crippen LogP contribution in [-0.4, -0.2) is 12.9 Å². The van der Waals surface area contributed by atoms with Gasteiger partial charge in [-0.1, -0.05) is 12.8 Å². The topological polar surface area (TPSA) is 26.3 Å². The number of Topliss-reactive ketones (excluding diaryl/α,β-unsaturated/α-hetero) is 1. The summed E-state index contributed by atoms with van der Waals surface area (Å²) < 4.78 is 5.24. The zero-order valence-electron chi connectivity index (χ0n) is 9.53. The minimum absolute atomic E-state index is 0.260. The van der Waals surface area contributed by atoms with Gasteiger partial charge in [0.25, 0.3) is 0 Å². The molecule has 0 bridgehead atoms. The number of fused-ring (bicyclic) bond motifs is 3. The number of benzene rings is 1. The van der Waals surface area contributed by atoms with Gasteiger partial charge >= 0.3 is 0 Å². The summed E-state index contributed by atoms with van der Waals surface area (Å²) in [5.41, 5.74) is 2.17. The fourth-order valence-corrected chi connectivity index (χ4v) is 3.22. The maximum atomic E-state index is 12.2. The quantitative estimate of drug-likeness (QED) is 0.720. The van der Waals surface area contributed by atoms with Crippen molar-refractivity contribution in [2.75, 3.05) is 7.11 Å². The summed E-state index contributed by atoms with van der Waals surface area (Å²) in [5, 5.41) is 0. The van der Waals surface area contributed by atoms with E-state index >= 15 is 0 Å². The van der Waals surface area contributed by atoms with Crippen molar-refractivity contribution in [3.8, 4) is 5.75 Å². The molecule has 16 heavy (non-hydrogen) atoms. The van der Waals surface area contributed by atoms with Gasteiger partial charge < -0.3 is 4.74 Å². The minimum atomic E-state index is 0.260. The van der Waals surface area contributed by atoms with Crippen LogP contribution in [0.5, 0.6) is 5.75 Å². The van der Waals surface area contributed by atoms with Crippen molar-refractivity contribution in [2.45, 2.75) is 31.6 Å². The molecule has 3 rings (SSSR count). The van der Waals surface area contributed by atoms with Crippen LogP contribution in [0.15, 0.2) is 18.2 Å². The number of rotatable bonds is 1. The normalized spacial score (nSPS) is 27.4. The van der Waals surface area contributed by atoms with Gasteiger partial charge in [0, 0.05) is 11.5 Å². The van der Waals surface area contributed by atoms with Crippen LogP contribution in [0.2, 0.25) is 0 Å². The van der Waals surface area contributed by atoms with Gasteiger partial charge in [-0.3, -0.25) is 4.79 Å². The highest BCUT2D eigenvalue weighted by Crippen LogP contribution is 2.47. The molecule has 0 saturated heterocycles. The van der Waals surface area contributed by atoms with Crippen LogP contribution in [0.3, 0.4) is 0 Å². The Hall–Kier alpha value is -1.31. The largest absolute Gasteiger partial charge is 0.497 e. The zero-order chi connectivity index (χ0) is 11.1. The molecule has 2 nitrogen and oxygen atoms in total. The smallest absolute Gasteiger partial charge is 0.166 e. The Morgan fingerprint density at radius 3 is 2.69 bits per heavy atom. The third kappa shape index (κ3) is 1.29. The molecule has 0 aromatic heterocycles. The third-order valence-corrected chi connectivity index (χ3v) is 4.03. The lowest BCUT2D eigenvalue weighted by atomic mass is 9.79. The first kappa shape index (κ1) is 9.88. The van der Waals surface area contributed by atoms with Crippen LogP contribution in [-0.2, 0) is 0 Å². The van der Waals surface area contributed by atoms with Crippen molar-refractivity contribution < 1.29 is 9.53 Å². The van der Waals surface area contributed by atoms with Crippen LogP contribution in [0.4, 0.5) is 0 Å². The van der Waals surface area contributed by atoms with E-state index in [1.807, 2.05) is 12.1 Å². The fourth-order valence-electron chi connectivity index (χ4n) is 3.22. The van der Waals surface area contributed by atoms with Gasteiger partial charge in [0.05, 0.1) is 7.11 Å². The number of ether oxygens (including phenoxy) is 1. The van der Waals surface area contributed by atoms with Gasteiger partial charge in [-0.15, -0.1) is 0 Å². The highest BCUT2D eigenvalue weighted by atomic mass is 16.5. The lowest BCUT2D eigenvalue weighted by Gasteiger charge is -2.24. The summed E-state index contributed by atoms with van der Waals surface area (Å²) in [6, 6.07) is 5.89. The summed E-state index contributed by atoms with van der Waals surface area (Å²) >= 11 is 0. The zero-order valence-corrected chi connectivity index (χ0v) is 9.53. The van der Waals surface area contributed by atoms with Gasteiger partial charge in [-0.2, -0.15) is 0 Å². The predicted octanol–water partition coefficient (Wildman–Crippen LogP) is 3.17. The monoisotopic (exact) mass is 216 g/mol. The summed E-state index contributed by atoms with van der Waals surface area (Å²) in [4.78, 5) is 12.2. The third-order valence-electron chi connectivity index (χ3n) is 4.03. The Balaban J connectivity index is 2.07. The molecule has 2 heteroatoms. The standard InChI is InChI=1S/C14H16O2/c1-16-9-6-7-12-13(8-9)10-4-2-3-5-11(10)14(12)15/h6-8,10-11H,2-5H2,1H3/t10-,11+/m1/s1. The summed E-state index contributed by atoms with van der Waals surface area (Å²) in [6.07, 6.45) is 4.69. The number of hydrogen-bond acceptors (Lipinski definition) is 2. The average molecular weight is 216 g/mol. The molecule has 2 aliphatic rings. The van der Waals surface area contributed by atoms with Gasteiger partial charge in [0.1, 0.15) is 5.75 Å². The molecule has 0 amide bonds. The second-order valence-corrected chi connectivity index (χ2v) is 4.81. The number of carbonyl (C=O) groups excluding carboxylic acids is 1. The molecule has 0 unspecified atom stereocenters. The molecule has 0 N–H and O–H groups in total. The van der Waals surface area contributed by atoms with E-state index in [2.05, 4.69) is 6.07 Å². The van der Waals surface area contributed by atoms with Gasteiger partial charge in [-0.05, 0) is 42.5 Å². The Morgan fingerprint density at radius 2 is 1.94 bits per heavy atom. The molecule has 2 aliphatic carbocycles. The van der Waals surface area contributed by atoms with Crippen molar-refractivity contribution in [2.24, 2.45) is 5.92 Å². The molecule has 84 valence electrons. The first-order chi connectivity index (χ1) is 7.81. The van der Waals surface area contributed by atoms with Crippen molar-refractivity contribution in [3.63, 3.8) is 0 Å². The molecule has 0 heterocycles. The van der Waals surface area contributed by atoms with Gasteiger partial charge in [0.15, 0.2) is 5.78 Å². The van der Waals surface area contributed by atoms with Crippen molar-refractivity contribution in [1.82, 2.24) is 0 Å². The number of carbonyl (C=O) groups is 1. The number of hydrogen-bond donors (Lipinski definition) is 0. The molecule has 1 aromatic carbocycles. The maximum absolute atomic E-state index is 12.2. The van der Waals surface area contributed by atoms with Crippen LogP contribution in [0.25, 0.3) is 0 Å². The Morgan fingerprint density at radius 1 is 1.19 bits per heavy atom. The highest BCUT2D eigenvalue weighted by Gasteiger charge is 2.40. The Bertz CT molecular complexity index is 436. The SMILES string of the molecule is COc1ccc2c(c1)[C@@H]1CCCC[C@@H]1C2=O. The second kappa shape index (κ2) is 3.62. The number of methoxy groups -OCH3 is 1. The fraction of sp³-hybridized carbons (Fsp3) is 0.500. The molecular formula is C14H16O2. The van der Waals surface area contributed by atoms with Crippen molar-refractivity contribution in [3.05, 3.63) is 29.3 Å². The van der Waals surface area contributed by atoms with E-state index in [4.69, 9.17) is 4.74 Å². The molecule has 0 spiro atoms. The molecule has 0 aliphatic heterocycles. The molecule has 1 saturated carbocycles. The van der Waals surface area contributed by atoms with Gasteiger partial charge in [0.2, 0.25) is 0 Å². The van der Waals surface area contributed by atoms with Crippen LogP contribution < -0.4 is 4.74 Å². The van der Waals surface area contributed by atoms with Crippen LogP contribution >= 0.6 is 0 Å². The highest BCUT2D eigenvalue weighted by molar-refractivity contribution is 6.03. The van der Waals surface area contributed by atoms with Crippen LogP contribution in [0, 0.1) is 5.92 Å². The summed E-state index contributed by atoms with van der Waals surface area (Å²) in [5.74, 6) is 1.96. The Kier molecular flexibility index (Phi) is 2.23. The van der Waals surface area contributed by atoms with E-state index in [9.17, 15) is 4.79 Å². The molecular weight excluding hydrogens is 200 g/mol.